The van der Waals surface area contributed by atoms with Gasteiger partial charge in [-0.25, -0.2) is 0 Å². The van der Waals surface area contributed by atoms with Gasteiger partial charge in [-0.2, -0.15) is 8.42 Å². The molecule has 0 spiro atoms. The normalized spacial score (nSPS) is 42.6. The average Bonchev–Trinajstić information content (AvgIpc) is 3.11. The molecule has 0 aromatic heterocycles. The van der Waals surface area contributed by atoms with E-state index in [4.69, 9.17) is 4.55 Å². The summed E-state index contributed by atoms with van der Waals surface area (Å²) in [7, 11) is -4.07. The van der Waals surface area contributed by atoms with Crippen LogP contribution in [-0.2, 0) is 14.9 Å². The molecule has 10 heteroatoms. The molecule has 10 atom stereocenters. The van der Waals surface area contributed by atoms with Gasteiger partial charge >= 0.3 is 0 Å². The van der Waals surface area contributed by atoms with Gasteiger partial charge in [-0.3, -0.25) is 9.35 Å². The number of hydrogen-bond donors (Lipinski definition) is 4. The predicted octanol–water partition coefficient (Wildman–Crippen LogP) is 2.19. The number of fused-ring (bicyclic) bond motifs is 5. The summed E-state index contributed by atoms with van der Waals surface area (Å²) in [6.45, 7) is 6.86. The molecule has 4 aliphatic rings. The van der Waals surface area contributed by atoms with Crippen molar-refractivity contribution in [2.24, 2.45) is 46.3 Å². The Hall–Kier alpha value is 0.260. The van der Waals surface area contributed by atoms with Crippen LogP contribution in [0.3, 0.4) is 0 Å². The van der Waals surface area contributed by atoms with Gasteiger partial charge in [0, 0.05) is 42.5 Å². The van der Waals surface area contributed by atoms with Gasteiger partial charge in [0.25, 0.3) is 10.1 Å². The Morgan fingerprint density at radius 1 is 1.06 bits per heavy atom. The second kappa shape index (κ2) is 12.2. The zero-order valence-corrected chi connectivity index (χ0v) is 25.4. The molecule has 0 aromatic carbocycles. The minimum absolute atomic E-state index is 0. The number of aliphatic hydroxyl groups is 2. The molecule has 1 radical (unpaired) electrons. The second-order valence-electron chi connectivity index (χ2n) is 12.5. The van der Waals surface area contributed by atoms with E-state index in [1.54, 1.807) is 0 Å². The summed E-state index contributed by atoms with van der Waals surface area (Å²) in [4.78, 5) is 12.2. The Bertz CT molecular complexity index is 872. The van der Waals surface area contributed by atoms with Gasteiger partial charge in [0.1, 0.15) is 0 Å². The van der Waals surface area contributed by atoms with Gasteiger partial charge in [-0.15, -0.1) is 0 Å². The largest absolute Gasteiger partial charge is 0.412 e. The van der Waals surface area contributed by atoms with Crippen LogP contribution in [0.2, 0.25) is 0 Å². The first-order valence-electron chi connectivity index (χ1n) is 13.4. The minimum Gasteiger partial charge on any atom is -0.412 e. The molecule has 6 N–H and O–H groups in total. The predicted molar refractivity (Wildman–Crippen MR) is 140 cm³/mol. The van der Waals surface area contributed by atoms with Gasteiger partial charge in [0.15, 0.2) is 0 Å². The zero-order chi connectivity index (χ0) is 24.9. The van der Waals surface area contributed by atoms with E-state index in [-0.39, 0.29) is 70.5 Å². The van der Waals surface area contributed by atoms with Crippen LogP contribution in [0, 0.1) is 46.3 Å². The number of rotatable bonds is 7. The number of amides is 1. The van der Waals surface area contributed by atoms with Crippen molar-refractivity contribution in [2.75, 3.05) is 12.3 Å². The SMILES string of the molecule is C[C@H](CCC(=O)NCCS(=O)(=O)O)[C@H]1CC[C@H]2[C@@H]3CC[C@@H]4C[C@H](O)CC[C@]4(C)[C@H]3C[C@H](O)[C@]12C.O.[Na]. The van der Waals surface area contributed by atoms with Gasteiger partial charge in [0.2, 0.25) is 5.91 Å². The molecule has 205 valence electrons. The smallest absolute Gasteiger partial charge is 0.266 e. The van der Waals surface area contributed by atoms with Crippen LogP contribution in [0.4, 0.5) is 0 Å². The fraction of sp³-hybridized carbons (Fsp3) is 0.962. The first-order chi connectivity index (χ1) is 15.9. The van der Waals surface area contributed by atoms with Gasteiger partial charge in [-0.1, -0.05) is 20.8 Å². The van der Waals surface area contributed by atoms with Crippen molar-refractivity contribution < 1.29 is 33.5 Å². The fourth-order valence-electron chi connectivity index (χ4n) is 9.13. The van der Waals surface area contributed by atoms with Crippen LogP contribution in [0.1, 0.15) is 85.0 Å². The molecular weight excluding hydrogens is 493 g/mol. The average molecular weight is 541 g/mol. The van der Waals surface area contributed by atoms with E-state index in [0.717, 1.165) is 38.5 Å². The fourth-order valence-corrected chi connectivity index (χ4v) is 9.49. The van der Waals surface area contributed by atoms with Crippen LogP contribution >= 0.6 is 0 Å². The van der Waals surface area contributed by atoms with E-state index in [2.05, 4.69) is 26.1 Å². The monoisotopic (exact) mass is 540 g/mol. The molecule has 4 rings (SSSR count). The van der Waals surface area contributed by atoms with E-state index < -0.39 is 15.9 Å². The quantitative estimate of drug-likeness (QED) is 0.287. The van der Waals surface area contributed by atoms with E-state index in [1.165, 1.54) is 12.8 Å². The summed E-state index contributed by atoms with van der Waals surface area (Å²) < 4.78 is 30.5. The van der Waals surface area contributed by atoms with E-state index >= 15 is 0 Å². The summed E-state index contributed by atoms with van der Waals surface area (Å²) in [5.41, 5.74) is 0.105. The number of carbonyl (C=O) groups is 1. The molecule has 0 bridgehead atoms. The van der Waals surface area contributed by atoms with Crippen LogP contribution in [0.25, 0.3) is 0 Å². The first-order valence-corrected chi connectivity index (χ1v) is 15.0. The zero-order valence-electron chi connectivity index (χ0n) is 22.6. The maximum Gasteiger partial charge on any atom is 0.266 e. The van der Waals surface area contributed by atoms with Gasteiger partial charge in [-0.05, 0) is 104 Å². The number of carbonyl (C=O) groups excluding carboxylic acids is 1. The van der Waals surface area contributed by atoms with Crippen LogP contribution in [0.15, 0.2) is 0 Å². The Balaban J connectivity index is 0.00000228. The van der Waals surface area contributed by atoms with Crippen molar-refractivity contribution in [3.05, 3.63) is 0 Å². The van der Waals surface area contributed by atoms with Crippen LogP contribution < -0.4 is 5.32 Å². The van der Waals surface area contributed by atoms with Gasteiger partial charge in [0.05, 0.1) is 18.0 Å². The molecule has 8 nitrogen and oxygen atoms in total. The first kappa shape index (κ1) is 32.5. The van der Waals surface area contributed by atoms with Crippen molar-refractivity contribution in [1.82, 2.24) is 5.32 Å². The maximum atomic E-state index is 12.2. The third kappa shape index (κ3) is 6.19. The van der Waals surface area contributed by atoms with Crippen LogP contribution in [0.5, 0.6) is 0 Å². The van der Waals surface area contributed by atoms with Crippen LogP contribution in [-0.4, -0.2) is 88.6 Å². The maximum absolute atomic E-state index is 12.2. The van der Waals surface area contributed by atoms with Crippen molar-refractivity contribution in [2.45, 2.75) is 97.2 Å². The third-order valence-corrected chi connectivity index (χ3v) is 11.7. The van der Waals surface area contributed by atoms with Crippen molar-refractivity contribution >= 4 is 45.6 Å². The van der Waals surface area contributed by atoms with E-state index in [0.29, 0.717) is 48.3 Å². The topological polar surface area (TPSA) is 155 Å². The van der Waals surface area contributed by atoms with Crippen molar-refractivity contribution in [1.29, 1.82) is 0 Å². The molecule has 4 fully saturated rings. The van der Waals surface area contributed by atoms with Crippen molar-refractivity contribution in [3.63, 3.8) is 0 Å². The Morgan fingerprint density at radius 2 is 1.75 bits per heavy atom. The number of aliphatic hydroxyl groups excluding tert-OH is 2. The second-order valence-corrected chi connectivity index (χ2v) is 14.1. The molecule has 0 aromatic rings. The molecule has 4 aliphatic carbocycles. The molecule has 0 saturated heterocycles. The Morgan fingerprint density at radius 3 is 2.42 bits per heavy atom. The molecule has 0 heterocycles. The molecule has 1 amide bonds. The van der Waals surface area contributed by atoms with Crippen molar-refractivity contribution in [3.8, 4) is 0 Å². The van der Waals surface area contributed by atoms with Gasteiger partial charge < -0.3 is 21.0 Å². The molecular formula is C26H47NNaO7S. The standard InChI is InChI=1S/C26H45NO6S.Na.H2O/c1-16(4-9-24(30)27-12-13-34(31,32)33)20-7-8-21-19-6-5-17-14-18(28)10-11-25(17,2)22(19)15-23(29)26(20,21)3;;/h16-23,28-29H,4-15H2,1-3H3,(H,27,30)(H,31,32,33);;1H2/t16-,17-,18-,19+,20-,21+,22+,23+,25+,26-;;/m1../s1. The summed E-state index contributed by atoms with van der Waals surface area (Å²) in [5, 5.41) is 24.5. The molecule has 0 unspecified atom stereocenters. The summed E-state index contributed by atoms with van der Waals surface area (Å²) in [5.74, 6) is 2.28. The number of nitrogens with one attached hydrogen (secondary N) is 1. The Labute approximate surface area is 239 Å². The molecule has 0 aliphatic heterocycles. The third-order valence-electron chi connectivity index (χ3n) is 11.0. The minimum atomic E-state index is -4.07. The summed E-state index contributed by atoms with van der Waals surface area (Å²) in [6.07, 6.45) is 8.93. The summed E-state index contributed by atoms with van der Waals surface area (Å²) >= 11 is 0. The Kier molecular flexibility index (Phi) is 11.0. The number of hydrogen-bond acceptors (Lipinski definition) is 5. The molecule has 4 saturated carbocycles. The van der Waals surface area contributed by atoms with E-state index in [9.17, 15) is 23.4 Å². The van der Waals surface area contributed by atoms with E-state index in [1.807, 2.05) is 0 Å². The summed E-state index contributed by atoms with van der Waals surface area (Å²) in [6, 6.07) is 0. The molecule has 36 heavy (non-hydrogen) atoms.